The molecular formula is C30H42ClN5O4. The fourth-order valence-electron chi connectivity index (χ4n) is 6.52. The highest BCUT2D eigenvalue weighted by atomic mass is 35.5. The number of carbonyl (C=O) groups is 3. The summed E-state index contributed by atoms with van der Waals surface area (Å²) in [6.45, 7) is 1.58. The van der Waals surface area contributed by atoms with Crippen LogP contribution in [0.15, 0.2) is 36.8 Å². The topological polar surface area (TPSA) is 117 Å². The molecule has 1 saturated carbocycles. The average molecular weight is 572 g/mol. The Hall–Kier alpha value is -3.07. The van der Waals surface area contributed by atoms with Crippen LogP contribution in [0.1, 0.15) is 69.0 Å². The van der Waals surface area contributed by atoms with E-state index in [0.29, 0.717) is 49.8 Å². The molecule has 0 spiro atoms. The van der Waals surface area contributed by atoms with Crippen LogP contribution in [-0.4, -0.2) is 63.1 Å². The minimum atomic E-state index is -0.754. The zero-order valence-electron chi connectivity index (χ0n) is 23.4. The van der Waals surface area contributed by atoms with Gasteiger partial charge in [-0.2, -0.15) is 0 Å². The molecule has 10 heteroatoms. The molecule has 40 heavy (non-hydrogen) atoms. The summed E-state index contributed by atoms with van der Waals surface area (Å²) in [5, 5.41) is 15.8. The lowest BCUT2D eigenvalue weighted by Gasteiger charge is -2.48. The van der Waals surface area contributed by atoms with Crippen molar-refractivity contribution in [2.75, 3.05) is 19.6 Å². The number of nitrogens with one attached hydrogen (secondary N) is 2. The van der Waals surface area contributed by atoms with Crippen LogP contribution in [0.3, 0.4) is 0 Å². The van der Waals surface area contributed by atoms with Crippen LogP contribution in [0.4, 0.5) is 4.79 Å². The molecule has 1 saturated heterocycles. The Morgan fingerprint density at radius 3 is 2.45 bits per heavy atom. The fraction of sp³-hybridized carbons (Fsp3) is 0.600. The summed E-state index contributed by atoms with van der Waals surface area (Å²) in [6.07, 6.45) is 12.9. The van der Waals surface area contributed by atoms with Crippen LogP contribution >= 0.6 is 11.6 Å². The van der Waals surface area contributed by atoms with Crippen molar-refractivity contribution in [2.24, 2.45) is 18.4 Å². The van der Waals surface area contributed by atoms with Gasteiger partial charge in [-0.1, -0.05) is 43.0 Å². The highest BCUT2D eigenvalue weighted by Crippen LogP contribution is 2.49. The summed E-state index contributed by atoms with van der Waals surface area (Å²) in [5.74, 6) is -0.339. The van der Waals surface area contributed by atoms with Crippen molar-refractivity contribution in [3.8, 4) is 0 Å². The Morgan fingerprint density at radius 1 is 1.12 bits per heavy atom. The molecule has 4 rings (SSSR count). The molecule has 3 amide bonds. The number of benzene rings is 1. The van der Waals surface area contributed by atoms with Crippen molar-refractivity contribution in [3.63, 3.8) is 0 Å². The molecule has 2 aliphatic rings. The maximum Gasteiger partial charge on any atom is 0.315 e. The lowest BCUT2D eigenvalue weighted by atomic mass is 9.61. The number of urea groups is 1. The molecule has 1 aliphatic heterocycles. The highest BCUT2D eigenvalue weighted by molar-refractivity contribution is 6.30. The average Bonchev–Trinajstić information content (AvgIpc) is 3.37. The predicted molar refractivity (Wildman–Crippen MR) is 154 cm³/mol. The van der Waals surface area contributed by atoms with E-state index in [9.17, 15) is 19.5 Å². The largest absolute Gasteiger partial charge is 0.481 e. The van der Waals surface area contributed by atoms with Crippen LogP contribution in [0.5, 0.6) is 0 Å². The van der Waals surface area contributed by atoms with E-state index in [-0.39, 0.29) is 23.8 Å². The second-order valence-corrected chi connectivity index (χ2v) is 11.9. The number of rotatable bonds is 11. The van der Waals surface area contributed by atoms with Gasteiger partial charge in [0.15, 0.2) is 0 Å². The number of aryl methyl sites for hydroxylation is 1. The van der Waals surface area contributed by atoms with E-state index < -0.39 is 12.0 Å². The molecular weight excluding hydrogens is 530 g/mol. The van der Waals surface area contributed by atoms with Crippen molar-refractivity contribution >= 4 is 29.5 Å². The first-order valence-electron chi connectivity index (χ1n) is 14.5. The number of halogens is 1. The van der Waals surface area contributed by atoms with E-state index in [4.69, 9.17) is 11.6 Å². The number of hydrogen-bond donors (Lipinski definition) is 3. The molecule has 0 unspecified atom stereocenters. The summed E-state index contributed by atoms with van der Waals surface area (Å²) in [4.78, 5) is 44.1. The van der Waals surface area contributed by atoms with Gasteiger partial charge in [0.05, 0.1) is 6.33 Å². The van der Waals surface area contributed by atoms with Crippen LogP contribution in [0.2, 0.25) is 5.02 Å². The molecule has 1 aromatic heterocycles. The Kier molecular flexibility index (Phi) is 10.5. The number of piperidine rings is 1. The zero-order chi connectivity index (χ0) is 28.5. The molecule has 218 valence electrons. The van der Waals surface area contributed by atoms with Crippen molar-refractivity contribution in [2.45, 2.75) is 76.7 Å². The lowest BCUT2D eigenvalue weighted by molar-refractivity contribution is -0.140. The molecule has 9 nitrogen and oxygen atoms in total. The third kappa shape index (κ3) is 7.99. The van der Waals surface area contributed by atoms with Gasteiger partial charge in [-0.15, -0.1) is 0 Å². The summed E-state index contributed by atoms with van der Waals surface area (Å²) in [6, 6.07) is 6.22. The monoisotopic (exact) mass is 571 g/mol. The van der Waals surface area contributed by atoms with E-state index in [1.807, 2.05) is 28.6 Å². The molecule has 2 fully saturated rings. The van der Waals surface area contributed by atoms with Gasteiger partial charge in [0.2, 0.25) is 5.91 Å². The first kappa shape index (κ1) is 29.9. The maximum absolute atomic E-state index is 13.8. The first-order chi connectivity index (χ1) is 19.3. The summed E-state index contributed by atoms with van der Waals surface area (Å²) in [5.41, 5.74) is 1.89. The van der Waals surface area contributed by atoms with Gasteiger partial charge in [-0.05, 0) is 61.1 Å². The SMILES string of the molecule is Cn1cncc1CCNC(=O)N[C@H](Cc1ccc(Cl)cc1)C(=O)N1CCC(CCC(=O)O)(C2CCCCC2)CC1. The normalized spacial score (nSPS) is 18.2. The molecule has 0 bridgehead atoms. The summed E-state index contributed by atoms with van der Waals surface area (Å²) >= 11 is 6.07. The van der Waals surface area contributed by atoms with Gasteiger partial charge in [-0.25, -0.2) is 9.78 Å². The van der Waals surface area contributed by atoms with Crippen molar-refractivity contribution in [1.29, 1.82) is 0 Å². The van der Waals surface area contributed by atoms with Gasteiger partial charge >= 0.3 is 12.0 Å². The minimum Gasteiger partial charge on any atom is -0.481 e. The van der Waals surface area contributed by atoms with E-state index in [1.54, 1.807) is 24.7 Å². The van der Waals surface area contributed by atoms with Crippen molar-refractivity contribution < 1.29 is 19.5 Å². The van der Waals surface area contributed by atoms with Crippen LogP contribution in [0.25, 0.3) is 0 Å². The number of aliphatic carboxylic acids is 1. The van der Waals surface area contributed by atoms with Gasteiger partial charge in [0.1, 0.15) is 6.04 Å². The Labute approximate surface area is 241 Å². The van der Waals surface area contributed by atoms with E-state index in [1.165, 1.54) is 19.3 Å². The second-order valence-electron chi connectivity index (χ2n) is 11.4. The Bertz CT molecular complexity index is 1140. The number of aromatic nitrogens is 2. The minimum absolute atomic E-state index is 0.0299. The number of nitrogens with zero attached hydrogens (tertiary/aromatic N) is 3. The van der Waals surface area contributed by atoms with E-state index in [0.717, 1.165) is 36.9 Å². The van der Waals surface area contributed by atoms with Crippen molar-refractivity contribution in [3.05, 3.63) is 53.1 Å². The van der Waals surface area contributed by atoms with Gasteiger partial charge in [0, 0.05) is 62.9 Å². The van der Waals surface area contributed by atoms with Crippen LogP contribution < -0.4 is 10.6 Å². The summed E-state index contributed by atoms with van der Waals surface area (Å²) < 4.78 is 1.91. The van der Waals surface area contributed by atoms with Gasteiger partial charge < -0.3 is 25.2 Å². The van der Waals surface area contributed by atoms with E-state index in [2.05, 4.69) is 15.6 Å². The molecule has 1 atom stereocenters. The number of imidazole rings is 1. The van der Waals surface area contributed by atoms with E-state index >= 15 is 0 Å². The van der Waals surface area contributed by atoms with Crippen molar-refractivity contribution in [1.82, 2.24) is 25.1 Å². The first-order valence-corrected chi connectivity index (χ1v) is 14.9. The Morgan fingerprint density at radius 2 is 1.82 bits per heavy atom. The molecule has 3 N–H and O–H groups in total. The quantitative estimate of drug-likeness (QED) is 0.365. The molecule has 1 aliphatic carbocycles. The van der Waals surface area contributed by atoms with Crippen LogP contribution in [-0.2, 0) is 29.5 Å². The fourth-order valence-corrected chi connectivity index (χ4v) is 6.65. The number of carboxylic acid groups (broad SMARTS) is 1. The number of carbonyl (C=O) groups excluding carboxylic acids is 2. The lowest BCUT2D eigenvalue weighted by Crippen LogP contribution is -2.55. The summed E-state index contributed by atoms with van der Waals surface area (Å²) in [7, 11) is 1.91. The third-order valence-corrected chi connectivity index (χ3v) is 9.17. The number of hydrogen-bond acceptors (Lipinski definition) is 4. The number of carboxylic acids is 1. The number of amides is 3. The van der Waals surface area contributed by atoms with Gasteiger partial charge in [-0.3, -0.25) is 9.59 Å². The van der Waals surface area contributed by atoms with Gasteiger partial charge in [0.25, 0.3) is 0 Å². The standard InChI is InChI=1S/C30H42ClN5O4/c1-35-21-32-20-25(35)12-16-33-29(40)34-26(19-22-7-9-24(31)10-8-22)28(39)36-17-14-30(15-18-36,13-11-27(37)38)23-5-3-2-4-6-23/h7-10,20-21,23,26H,2-6,11-19H2,1H3,(H,37,38)(H2,33,34,40)/t26-/m1/s1. The third-order valence-electron chi connectivity index (χ3n) is 8.92. The second kappa shape index (κ2) is 14.0. The van der Waals surface area contributed by atoms with Crippen LogP contribution in [0, 0.1) is 11.3 Å². The maximum atomic E-state index is 13.8. The number of likely N-dealkylation sites (tertiary alicyclic amines) is 1. The zero-order valence-corrected chi connectivity index (χ0v) is 24.2. The molecule has 2 aromatic rings. The Balaban J connectivity index is 1.41. The highest BCUT2D eigenvalue weighted by Gasteiger charge is 2.43. The predicted octanol–water partition coefficient (Wildman–Crippen LogP) is 4.58. The smallest absolute Gasteiger partial charge is 0.315 e. The molecule has 1 aromatic carbocycles. The molecule has 2 heterocycles. The molecule has 0 radical (unpaired) electrons.